The van der Waals surface area contributed by atoms with Gasteiger partial charge in [-0.3, -0.25) is 4.79 Å². The summed E-state index contributed by atoms with van der Waals surface area (Å²) in [6.45, 7) is 2.33. The van der Waals surface area contributed by atoms with Gasteiger partial charge in [-0.2, -0.15) is 13.2 Å². The van der Waals surface area contributed by atoms with E-state index in [0.29, 0.717) is 43.4 Å². The van der Waals surface area contributed by atoms with Gasteiger partial charge in [-0.25, -0.2) is 4.98 Å². The number of alkyl halides is 3. The molecule has 3 aromatic carbocycles. The van der Waals surface area contributed by atoms with Crippen LogP contribution in [0.2, 0.25) is 0 Å². The number of ether oxygens (including phenoxy) is 1. The predicted molar refractivity (Wildman–Crippen MR) is 147 cm³/mol. The van der Waals surface area contributed by atoms with Crippen LogP contribution in [0.5, 0.6) is 5.75 Å². The van der Waals surface area contributed by atoms with Gasteiger partial charge in [-0.15, -0.1) is 0 Å². The van der Waals surface area contributed by atoms with Gasteiger partial charge in [-0.1, -0.05) is 12.1 Å². The molecule has 2 heterocycles. The standard InChI is InChI=1S/C29H28F3N5O2/c1-36-13-15-37(16-14-36)25-11-9-19(17-23(25)29(30,31)32)28(38)34-21-6-3-5-20(18-21)33-27-12-10-22-24(35-27)7-4-8-26(22)39-2/h3-12,17-18H,13-16H2,1-2H3,(H,33,35)(H,34,38). The molecular formula is C29H28F3N5O2. The maximum atomic E-state index is 14.0. The van der Waals surface area contributed by atoms with E-state index < -0.39 is 17.6 Å². The SMILES string of the molecule is COc1cccc2nc(Nc3cccc(NC(=O)c4ccc(N5CCN(C)CC5)c(C(F)(F)F)c4)c3)ccc12. The number of piperazine rings is 1. The number of likely N-dealkylation sites (N-methyl/N-ethyl adjacent to an activating group) is 1. The zero-order valence-corrected chi connectivity index (χ0v) is 21.5. The van der Waals surface area contributed by atoms with Crippen molar-refractivity contribution in [1.29, 1.82) is 0 Å². The van der Waals surface area contributed by atoms with Gasteiger partial charge in [0.15, 0.2) is 0 Å². The van der Waals surface area contributed by atoms with E-state index in [9.17, 15) is 18.0 Å². The summed E-state index contributed by atoms with van der Waals surface area (Å²) >= 11 is 0. The summed E-state index contributed by atoms with van der Waals surface area (Å²) in [7, 11) is 3.54. The van der Waals surface area contributed by atoms with Crippen molar-refractivity contribution in [3.63, 3.8) is 0 Å². The Balaban J connectivity index is 1.33. The van der Waals surface area contributed by atoms with Gasteiger partial charge in [0.25, 0.3) is 5.91 Å². The molecule has 2 N–H and O–H groups in total. The molecule has 0 spiro atoms. The minimum Gasteiger partial charge on any atom is -0.496 e. The topological polar surface area (TPSA) is 69.7 Å². The Morgan fingerprint density at radius 2 is 1.67 bits per heavy atom. The van der Waals surface area contributed by atoms with Crippen LogP contribution >= 0.6 is 0 Å². The number of benzene rings is 3. The van der Waals surface area contributed by atoms with Crippen LogP contribution in [-0.4, -0.2) is 56.1 Å². The van der Waals surface area contributed by atoms with Crippen LogP contribution in [0, 0.1) is 0 Å². The number of halogens is 3. The molecule has 202 valence electrons. The highest BCUT2D eigenvalue weighted by molar-refractivity contribution is 6.05. The number of rotatable bonds is 6. The fourth-order valence-electron chi connectivity index (χ4n) is 4.63. The number of pyridine rings is 1. The molecule has 1 aliphatic rings. The first-order valence-electron chi connectivity index (χ1n) is 12.5. The zero-order valence-electron chi connectivity index (χ0n) is 21.5. The van der Waals surface area contributed by atoms with E-state index in [4.69, 9.17) is 4.74 Å². The third kappa shape index (κ3) is 5.91. The number of hydrogen-bond acceptors (Lipinski definition) is 6. The molecule has 0 saturated carbocycles. The summed E-state index contributed by atoms with van der Waals surface area (Å²) in [4.78, 5) is 21.4. The molecular weight excluding hydrogens is 507 g/mol. The monoisotopic (exact) mass is 535 g/mol. The summed E-state index contributed by atoms with van der Waals surface area (Å²) in [5, 5.41) is 6.79. The fourth-order valence-corrected chi connectivity index (χ4v) is 4.63. The predicted octanol–water partition coefficient (Wildman–Crippen LogP) is 6.01. The molecule has 7 nitrogen and oxygen atoms in total. The van der Waals surface area contributed by atoms with Crippen LogP contribution in [0.15, 0.2) is 72.8 Å². The molecule has 1 saturated heterocycles. The summed E-state index contributed by atoms with van der Waals surface area (Å²) < 4.78 is 47.3. The van der Waals surface area contributed by atoms with Crippen molar-refractivity contribution in [3.05, 3.63) is 83.9 Å². The average molecular weight is 536 g/mol. The van der Waals surface area contributed by atoms with E-state index in [0.717, 1.165) is 22.7 Å². The van der Waals surface area contributed by atoms with Crippen molar-refractivity contribution in [2.75, 3.05) is 55.9 Å². The van der Waals surface area contributed by atoms with Crippen LogP contribution < -0.4 is 20.3 Å². The lowest BCUT2D eigenvalue weighted by Crippen LogP contribution is -2.45. The highest BCUT2D eigenvalue weighted by Crippen LogP contribution is 2.38. The van der Waals surface area contributed by atoms with Crippen LogP contribution in [-0.2, 0) is 6.18 Å². The Labute approximate surface area is 224 Å². The van der Waals surface area contributed by atoms with Crippen LogP contribution in [0.1, 0.15) is 15.9 Å². The number of anilines is 4. The molecule has 4 aromatic rings. The lowest BCUT2D eigenvalue weighted by atomic mass is 10.1. The molecule has 1 aliphatic heterocycles. The molecule has 5 rings (SSSR count). The van der Waals surface area contributed by atoms with Crippen molar-refractivity contribution >= 4 is 39.7 Å². The number of carbonyl (C=O) groups excluding carboxylic acids is 1. The lowest BCUT2D eigenvalue weighted by Gasteiger charge is -2.35. The molecule has 0 atom stereocenters. The molecule has 39 heavy (non-hydrogen) atoms. The molecule has 0 unspecified atom stereocenters. The first kappa shape index (κ1) is 26.3. The molecule has 0 bridgehead atoms. The Morgan fingerprint density at radius 1 is 0.923 bits per heavy atom. The first-order valence-corrected chi connectivity index (χ1v) is 12.5. The van der Waals surface area contributed by atoms with Crippen molar-refractivity contribution in [2.24, 2.45) is 0 Å². The van der Waals surface area contributed by atoms with Crippen molar-refractivity contribution in [1.82, 2.24) is 9.88 Å². The number of nitrogens with zero attached hydrogens (tertiary/aromatic N) is 3. The van der Waals surface area contributed by atoms with E-state index >= 15 is 0 Å². The second-order valence-corrected chi connectivity index (χ2v) is 9.40. The summed E-state index contributed by atoms with van der Waals surface area (Å²) in [6.07, 6.45) is -4.59. The van der Waals surface area contributed by atoms with E-state index in [-0.39, 0.29) is 11.3 Å². The number of fused-ring (bicyclic) bond motifs is 1. The maximum Gasteiger partial charge on any atom is 0.418 e. The van der Waals surface area contributed by atoms with E-state index in [1.165, 1.54) is 12.1 Å². The zero-order chi connectivity index (χ0) is 27.6. The third-order valence-electron chi connectivity index (χ3n) is 6.71. The number of nitrogens with one attached hydrogen (secondary N) is 2. The highest BCUT2D eigenvalue weighted by atomic mass is 19.4. The molecule has 0 aliphatic carbocycles. The number of hydrogen-bond donors (Lipinski definition) is 2. The van der Waals surface area contributed by atoms with E-state index in [1.54, 1.807) is 36.3 Å². The van der Waals surface area contributed by atoms with Crippen LogP contribution in [0.4, 0.5) is 36.1 Å². The minimum absolute atomic E-state index is 0.0660. The fraction of sp³-hybridized carbons (Fsp3) is 0.241. The Bertz CT molecular complexity index is 1500. The molecule has 1 aromatic heterocycles. The van der Waals surface area contributed by atoms with Gasteiger partial charge in [0.1, 0.15) is 11.6 Å². The first-order chi connectivity index (χ1) is 18.7. The third-order valence-corrected chi connectivity index (χ3v) is 6.71. The number of aromatic nitrogens is 1. The number of amides is 1. The largest absolute Gasteiger partial charge is 0.496 e. The van der Waals surface area contributed by atoms with Crippen molar-refractivity contribution in [2.45, 2.75) is 6.18 Å². The van der Waals surface area contributed by atoms with Crippen molar-refractivity contribution < 1.29 is 22.7 Å². The van der Waals surface area contributed by atoms with Gasteiger partial charge in [-0.05, 0) is 67.7 Å². The Kier molecular flexibility index (Phi) is 7.30. The average Bonchev–Trinajstić information content (AvgIpc) is 2.92. The summed E-state index contributed by atoms with van der Waals surface area (Å²) in [5.41, 5.74) is 1.06. The minimum atomic E-state index is -4.59. The van der Waals surface area contributed by atoms with Crippen LogP contribution in [0.25, 0.3) is 10.9 Å². The van der Waals surface area contributed by atoms with Gasteiger partial charge >= 0.3 is 6.18 Å². The summed E-state index contributed by atoms with van der Waals surface area (Å²) in [5.74, 6) is 0.688. The van der Waals surface area contributed by atoms with Gasteiger partial charge < -0.3 is 25.2 Å². The van der Waals surface area contributed by atoms with Gasteiger partial charge in [0.2, 0.25) is 0 Å². The Morgan fingerprint density at radius 3 is 2.41 bits per heavy atom. The number of methoxy groups -OCH3 is 1. The smallest absolute Gasteiger partial charge is 0.418 e. The maximum absolute atomic E-state index is 14.0. The van der Waals surface area contributed by atoms with E-state index in [2.05, 4.69) is 20.5 Å². The lowest BCUT2D eigenvalue weighted by molar-refractivity contribution is -0.137. The summed E-state index contributed by atoms with van der Waals surface area (Å²) in [6, 6.07) is 20.0. The molecule has 0 radical (unpaired) electrons. The molecule has 1 amide bonds. The van der Waals surface area contributed by atoms with Gasteiger partial charge in [0, 0.05) is 54.2 Å². The second kappa shape index (κ2) is 10.8. The van der Waals surface area contributed by atoms with Gasteiger partial charge in [0.05, 0.1) is 18.2 Å². The number of carbonyl (C=O) groups is 1. The second-order valence-electron chi connectivity index (χ2n) is 9.40. The molecule has 1 fully saturated rings. The normalized spacial score (nSPS) is 14.3. The molecule has 10 heteroatoms. The van der Waals surface area contributed by atoms with E-state index in [1.807, 2.05) is 37.4 Å². The quantitative estimate of drug-likeness (QED) is 0.315. The van der Waals surface area contributed by atoms with Crippen molar-refractivity contribution in [3.8, 4) is 5.75 Å². The Hall–Kier alpha value is -4.31. The highest BCUT2D eigenvalue weighted by Gasteiger charge is 2.36. The van der Waals surface area contributed by atoms with Crippen LogP contribution in [0.3, 0.4) is 0 Å².